The van der Waals surface area contributed by atoms with Crippen LogP contribution in [0.1, 0.15) is 17.0 Å². The molecule has 0 fully saturated rings. The quantitative estimate of drug-likeness (QED) is 0.734. The minimum absolute atomic E-state index is 0.00982. The van der Waals surface area contributed by atoms with Gasteiger partial charge in [-0.2, -0.15) is 4.98 Å². The summed E-state index contributed by atoms with van der Waals surface area (Å²) in [5.41, 5.74) is 3.27. The van der Waals surface area contributed by atoms with E-state index in [-0.39, 0.29) is 11.9 Å². The Morgan fingerprint density at radius 1 is 1.21 bits per heavy atom. The molecule has 1 aliphatic rings. The lowest BCUT2D eigenvalue weighted by Gasteiger charge is -2.34. The van der Waals surface area contributed by atoms with Crippen LogP contribution in [0, 0.1) is 0 Å². The molecule has 0 saturated heterocycles. The second-order valence-corrected chi connectivity index (χ2v) is 6.75. The first-order chi connectivity index (χ1) is 13.7. The first-order valence-electron chi connectivity index (χ1n) is 9.17. The van der Waals surface area contributed by atoms with Crippen molar-refractivity contribution in [3.05, 3.63) is 65.5 Å². The molecule has 7 heteroatoms. The van der Waals surface area contributed by atoms with Crippen molar-refractivity contribution in [3.63, 3.8) is 0 Å². The van der Waals surface area contributed by atoms with E-state index in [2.05, 4.69) is 32.5 Å². The Bertz CT molecular complexity index is 968. The van der Waals surface area contributed by atoms with Crippen molar-refractivity contribution in [2.75, 3.05) is 14.2 Å². The van der Waals surface area contributed by atoms with E-state index in [1.165, 1.54) is 11.1 Å². The number of hydrogen-bond donors (Lipinski definition) is 1. The fourth-order valence-corrected chi connectivity index (χ4v) is 3.52. The average molecular weight is 378 g/mol. The highest BCUT2D eigenvalue weighted by Gasteiger charge is 2.32. The van der Waals surface area contributed by atoms with E-state index in [1.54, 1.807) is 14.2 Å². The van der Waals surface area contributed by atoms with Crippen LogP contribution in [-0.4, -0.2) is 41.1 Å². The summed E-state index contributed by atoms with van der Waals surface area (Å²) in [5.74, 6) is 1.77. The Morgan fingerprint density at radius 2 is 1.96 bits per heavy atom. The molecule has 2 aromatic carbocycles. The van der Waals surface area contributed by atoms with Crippen LogP contribution in [0.5, 0.6) is 5.75 Å². The molecule has 1 aromatic heterocycles. The number of aromatic nitrogens is 2. The Hall–Kier alpha value is -3.19. The van der Waals surface area contributed by atoms with Gasteiger partial charge in [-0.15, -0.1) is 0 Å². The third-order valence-electron chi connectivity index (χ3n) is 5.05. The van der Waals surface area contributed by atoms with Crippen molar-refractivity contribution in [2.45, 2.75) is 25.6 Å². The maximum atomic E-state index is 12.4. The Balaban J connectivity index is 1.55. The third-order valence-corrected chi connectivity index (χ3v) is 5.05. The van der Waals surface area contributed by atoms with Crippen LogP contribution in [0.3, 0.4) is 0 Å². The number of benzene rings is 2. The van der Waals surface area contributed by atoms with Gasteiger partial charge >= 0.3 is 0 Å². The highest BCUT2D eigenvalue weighted by Crippen LogP contribution is 2.26. The van der Waals surface area contributed by atoms with Crippen LogP contribution in [0.15, 0.2) is 53.1 Å². The largest absolute Gasteiger partial charge is 0.497 e. The molecule has 3 aromatic rings. The molecular weight excluding hydrogens is 356 g/mol. The number of amides is 1. The van der Waals surface area contributed by atoms with Gasteiger partial charge < -0.3 is 14.6 Å². The van der Waals surface area contributed by atoms with Crippen molar-refractivity contribution in [1.82, 2.24) is 20.4 Å². The van der Waals surface area contributed by atoms with Crippen LogP contribution in [0.4, 0.5) is 0 Å². The Morgan fingerprint density at radius 3 is 2.68 bits per heavy atom. The number of ether oxygens (including phenoxy) is 1. The van der Waals surface area contributed by atoms with E-state index in [9.17, 15) is 4.79 Å². The van der Waals surface area contributed by atoms with Crippen LogP contribution < -0.4 is 10.1 Å². The number of methoxy groups -OCH3 is 1. The lowest BCUT2D eigenvalue weighted by atomic mass is 9.93. The summed E-state index contributed by atoms with van der Waals surface area (Å²) < 4.78 is 10.6. The smallest absolute Gasteiger partial charge is 0.241 e. The number of likely N-dealkylation sites (N-methyl/N-ethyl adjacent to an activating group) is 1. The third kappa shape index (κ3) is 3.61. The fraction of sp³-hybridized carbons (Fsp3) is 0.286. The number of nitrogens with zero attached hydrogens (tertiary/aromatic N) is 3. The average Bonchev–Trinajstić information content (AvgIpc) is 3.21. The van der Waals surface area contributed by atoms with E-state index in [1.807, 2.05) is 36.4 Å². The highest BCUT2D eigenvalue weighted by atomic mass is 16.5. The molecule has 28 heavy (non-hydrogen) atoms. The molecule has 2 heterocycles. The minimum atomic E-state index is -0.267. The summed E-state index contributed by atoms with van der Waals surface area (Å²) in [6.45, 7) is 1.07. The normalized spacial score (nSPS) is 16.4. The van der Waals surface area contributed by atoms with Gasteiger partial charge in [-0.3, -0.25) is 9.69 Å². The molecule has 7 nitrogen and oxygen atoms in total. The molecule has 1 amide bonds. The molecule has 0 unspecified atom stereocenters. The van der Waals surface area contributed by atoms with E-state index >= 15 is 0 Å². The molecular formula is C21H22N4O3. The van der Waals surface area contributed by atoms with Crippen molar-refractivity contribution in [3.8, 4) is 17.1 Å². The molecule has 1 N–H and O–H groups in total. The van der Waals surface area contributed by atoms with Gasteiger partial charge in [0.25, 0.3) is 0 Å². The number of nitrogens with one attached hydrogen (secondary N) is 1. The zero-order valence-corrected chi connectivity index (χ0v) is 15.9. The molecule has 1 aliphatic heterocycles. The van der Waals surface area contributed by atoms with E-state index in [0.717, 1.165) is 11.3 Å². The topological polar surface area (TPSA) is 80.5 Å². The van der Waals surface area contributed by atoms with Gasteiger partial charge in [0.2, 0.25) is 17.6 Å². The molecule has 0 aliphatic carbocycles. The van der Waals surface area contributed by atoms with Crippen molar-refractivity contribution in [1.29, 1.82) is 0 Å². The van der Waals surface area contributed by atoms with Crippen molar-refractivity contribution in [2.24, 2.45) is 0 Å². The highest BCUT2D eigenvalue weighted by molar-refractivity contribution is 5.82. The number of carbonyl (C=O) groups excluding carboxylic acids is 1. The number of fused-ring (bicyclic) bond motifs is 1. The number of rotatable bonds is 5. The molecule has 0 spiro atoms. The predicted octanol–water partition coefficient (Wildman–Crippen LogP) is 2.42. The van der Waals surface area contributed by atoms with Crippen LogP contribution >= 0.6 is 0 Å². The first kappa shape index (κ1) is 18.2. The second-order valence-electron chi connectivity index (χ2n) is 6.75. The van der Waals surface area contributed by atoms with Crippen LogP contribution in [0.25, 0.3) is 11.4 Å². The molecule has 144 valence electrons. The summed E-state index contributed by atoms with van der Waals surface area (Å²) in [5, 5.41) is 6.85. The van der Waals surface area contributed by atoms with E-state index in [4.69, 9.17) is 9.26 Å². The van der Waals surface area contributed by atoms with Gasteiger partial charge in [0.1, 0.15) is 5.75 Å². The fourth-order valence-electron chi connectivity index (χ4n) is 3.52. The van der Waals surface area contributed by atoms with Gasteiger partial charge in [0.15, 0.2) is 0 Å². The second kappa shape index (κ2) is 7.82. The lowest BCUT2D eigenvalue weighted by Crippen LogP contribution is -2.49. The van der Waals surface area contributed by atoms with Crippen LogP contribution in [-0.2, 0) is 24.3 Å². The maximum Gasteiger partial charge on any atom is 0.241 e. The Labute approximate surface area is 163 Å². The monoisotopic (exact) mass is 378 g/mol. The molecule has 4 rings (SSSR count). The van der Waals surface area contributed by atoms with Gasteiger partial charge in [0.05, 0.1) is 19.7 Å². The van der Waals surface area contributed by atoms with Gasteiger partial charge in [-0.1, -0.05) is 29.4 Å². The van der Waals surface area contributed by atoms with Crippen molar-refractivity contribution < 1.29 is 14.1 Å². The van der Waals surface area contributed by atoms with E-state index in [0.29, 0.717) is 31.2 Å². The van der Waals surface area contributed by atoms with Gasteiger partial charge in [0, 0.05) is 19.2 Å². The first-order valence-corrected chi connectivity index (χ1v) is 9.17. The zero-order valence-electron chi connectivity index (χ0n) is 15.9. The number of hydrogen-bond acceptors (Lipinski definition) is 6. The lowest BCUT2D eigenvalue weighted by molar-refractivity contribution is -0.127. The zero-order chi connectivity index (χ0) is 19.5. The van der Waals surface area contributed by atoms with Crippen molar-refractivity contribution >= 4 is 5.91 Å². The van der Waals surface area contributed by atoms with Gasteiger partial charge in [-0.05, 0) is 41.8 Å². The molecule has 1 atom stereocenters. The molecule has 0 radical (unpaired) electrons. The standard InChI is InChI=1S/C21H22N4O3/c1-22-21(26)18-11-15-5-3-4-6-16(15)12-25(18)13-19-23-20(24-28-19)14-7-9-17(27-2)10-8-14/h3-10,18H,11-13H2,1-2H3,(H,22,26)/t18-/m1/s1. The maximum absolute atomic E-state index is 12.4. The van der Waals surface area contributed by atoms with Crippen LogP contribution in [0.2, 0.25) is 0 Å². The Kier molecular flexibility index (Phi) is 5.08. The minimum Gasteiger partial charge on any atom is -0.497 e. The summed E-state index contributed by atoms with van der Waals surface area (Å²) in [6, 6.07) is 15.4. The SMILES string of the molecule is CNC(=O)[C@H]1Cc2ccccc2CN1Cc1nc(-c2ccc(OC)cc2)no1. The van der Waals surface area contributed by atoms with Gasteiger partial charge in [-0.25, -0.2) is 0 Å². The summed E-state index contributed by atoms with van der Waals surface area (Å²) in [6.07, 6.45) is 0.662. The number of carbonyl (C=O) groups is 1. The summed E-state index contributed by atoms with van der Waals surface area (Å²) in [7, 11) is 3.29. The summed E-state index contributed by atoms with van der Waals surface area (Å²) in [4.78, 5) is 19.0. The molecule has 0 saturated carbocycles. The predicted molar refractivity (Wildman–Crippen MR) is 104 cm³/mol. The summed E-state index contributed by atoms with van der Waals surface area (Å²) >= 11 is 0. The van der Waals surface area contributed by atoms with E-state index < -0.39 is 0 Å². The molecule has 0 bridgehead atoms.